The van der Waals surface area contributed by atoms with Gasteiger partial charge in [0.2, 0.25) is 5.96 Å². The first-order chi connectivity index (χ1) is 18.7. The zero-order valence-corrected chi connectivity index (χ0v) is 23.3. The minimum atomic E-state index is -0.324. The van der Waals surface area contributed by atoms with Crippen molar-refractivity contribution >= 4 is 47.3 Å². The van der Waals surface area contributed by atoms with Crippen LogP contribution in [-0.4, -0.2) is 77.3 Å². The highest BCUT2D eigenvalue weighted by Crippen LogP contribution is 2.30. The third-order valence-corrected chi connectivity index (χ3v) is 8.20. The molecule has 2 fully saturated rings. The summed E-state index contributed by atoms with van der Waals surface area (Å²) < 4.78 is 0. The minimum absolute atomic E-state index is 0.0332. The van der Waals surface area contributed by atoms with Gasteiger partial charge in [-0.3, -0.25) is 4.79 Å². The number of nitrogen functional groups attached to an aromatic ring is 1. The molecule has 39 heavy (non-hydrogen) atoms. The Hall–Kier alpha value is -3.70. The zero-order valence-electron chi connectivity index (χ0n) is 22.5. The van der Waals surface area contributed by atoms with Crippen LogP contribution in [0.3, 0.4) is 0 Å². The number of nitrogens with two attached hydrogens (primary N) is 1. The molecule has 0 radical (unpaired) electrons. The molecule has 3 heterocycles. The van der Waals surface area contributed by atoms with Crippen molar-refractivity contribution in [1.29, 1.82) is 0 Å². The second-order valence-corrected chi connectivity index (χ2v) is 11.3. The van der Waals surface area contributed by atoms with Crippen LogP contribution in [0.4, 0.5) is 16.2 Å². The maximum Gasteiger partial charge on any atom is 0.320 e. The van der Waals surface area contributed by atoms with Gasteiger partial charge < -0.3 is 31.3 Å². The number of aliphatic hydroxyl groups excluding tert-OH is 1. The van der Waals surface area contributed by atoms with Crippen LogP contribution in [0.15, 0.2) is 57.5 Å². The molecule has 5 N–H and O–H groups in total. The zero-order chi connectivity index (χ0) is 28.0. The average molecular weight is 552 g/mol. The van der Waals surface area contributed by atoms with E-state index in [1.165, 1.54) is 6.20 Å². The third kappa shape index (κ3) is 7.24. The Bertz CT molecular complexity index is 1240. The summed E-state index contributed by atoms with van der Waals surface area (Å²) in [5.41, 5.74) is 8.16. The van der Waals surface area contributed by atoms with Crippen LogP contribution in [0, 0.1) is 0 Å². The molecule has 0 atom stereocenters. The van der Waals surface area contributed by atoms with E-state index in [9.17, 15) is 14.7 Å². The standard InChI is InChI=1S/C28H37N7O3S/c1-19(25(37)32-23-17-20(6-7-22(23)29)24-5-4-16-39-24)18-31-26(30-3)33-28(2)10-14-35(15-11-28)27(38)34-12-8-21(36)9-13-34/h4-7,16-18,21,36H,3,8-15,29H2,1-2H3,(H,31,33)(H,32,37)/b19-18+. The van der Waals surface area contributed by atoms with Gasteiger partial charge in [-0.05, 0) is 75.4 Å². The molecule has 208 valence electrons. The number of thiophene rings is 1. The number of likely N-dealkylation sites (tertiary alicyclic amines) is 2. The van der Waals surface area contributed by atoms with Crippen molar-refractivity contribution in [3.05, 3.63) is 47.5 Å². The molecular formula is C28H37N7O3S. The summed E-state index contributed by atoms with van der Waals surface area (Å²) in [6, 6.07) is 9.59. The van der Waals surface area contributed by atoms with Crippen molar-refractivity contribution in [2.24, 2.45) is 9.98 Å². The molecule has 0 unspecified atom stereocenters. The van der Waals surface area contributed by atoms with E-state index in [1.54, 1.807) is 24.3 Å². The number of benzene rings is 1. The second-order valence-electron chi connectivity index (χ2n) is 10.3. The number of nitrogens with one attached hydrogen (secondary N) is 2. The molecule has 0 bridgehead atoms. The molecule has 10 nitrogen and oxygen atoms in total. The molecule has 0 saturated carbocycles. The maximum absolute atomic E-state index is 12.9. The summed E-state index contributed by atoms with van der Waals surface area (Å²) in [5, 5.41) is 17.9. The Morgan fingerprint density at radius 1 is 1.18 bits per heavy atom. The normalized spacial score (nSPS) is 18.5. The summed E-state index contributed by atoms with van der Waals surface area (Å²) in [6.07, 6.45) is 3.84. The first-order valence-electron chi connectivity index (χ1n) is 13.1. The molecule has 0 aliphatic carbocycles. The number of urea groups is 1. The van der Waals surface area contributed by atoms with Crippen LogP contribution >= 0.6 is 11.3 Å². The van der Waals surface area contributed by atoms with E-state index in [-0.39, 0.29) is 23.6 Å². The number of rotatable bonds is 5. The van der Waals surface area contributed by atoms with Gasteiger partial charge in [-0.15, -0.1) is 11.3 Å². The molecular weight excluding hydrogens is 514 g/mol. The van der Waals surface area contributed by atoms with Crippen molar-refractivity contribution in [3.8, 4) is 10.4 Å². The Kier molecular flexibility index (Phi) is 9.03. The molecule has 2 saturated heterocycles. The van der Waals surface area contributed by atoms with Gasteiger partial charge in [-0.25, -0.2) is 14.8 Å². The van der Waals surface area contributed by atoms with Gasteiger partial charge in [0.05, 0.1) is 17.5 Å². The number of anilines is 2. The van der Waals surface area contributed by atoms with E-state index in [0.717, 1.165) is 10.4 Å². The topological polar surface area (TPSA) is 136 Å². The number of carbonyl (C=O) groups excluding carboxylic acids is 2. The summed E-state index contributed by atoms with van der Waals surface area (Å²) in [7, 11) is 0. The highest BCUT2D eigenvalue weighted by molar-refractivity contribution is 7.13. The number of aliphatic hydroxyl groups is 1. The Balaban J connectivity index is 1.34. The van der Waals surface area contributed by atoms with Gasteiger partial charge in [-0.1, -0.05) is 12.1 Å². The number of carbonyl (C=O) groups is 2. The quantitative estimate of drug-likeness (QED) is 0.193. The summed E-state index contributed by atoms with van der Waals surface area (Å²) in [6.45, 7) is 9.76. The Morgan fingerprint density at radius 2 is 1.87 bits per heavy atom. The number of nitrogens with zero attached hydrogens (tertiary/aromatic N) is 4. The third-order valence-electron chi connectivity index (χ3n) is 7.28. The summed E-state index contributed by atoms with van der Waals surface area (Å²) in [5.74, 6) is -0.00546. The highest BCUT2D eigenvalue weighted by atomic mass is 32.1. The molecule has 1 aromatic heterocycles. The molecule has 2 aromatic rings. The van der Waals surface area contributed by atoms with Crippen molar-refractivity contribution in [3.63, 3.8) is 0 Å². The number of hydrogen-bond donors (Lipinski definition) is 4. The van der Waals surface area contributed by atoms with Crippen molar-refractivity contribution in [2.75, 3.05) is 37.2 Å². The van der Waals surface area contributed by atoms with Crippen molar-refractivity contribution in [2.45, 2.75) is 51.2 Å². The number of hydrogen-bond acceptors (Lipinski definition) is 6. The summed E-state index contributed by atoms with van der Waals surface area (Å²) in [4.78, 5) is 38.9. The lowest BCUT2D eigenvalue weighted by atomic mass is 9.90. The van der Waals surface area contributed by atoms with Crippen LogP contribution in [0.25, 0.3) is 10.4 Å². The van der Waals surface area contributed by atoms with Crippen LogP contribution in [0.1, 0.15) is 39.5 Å². The fourth-order valence-electron chi connectivity index (χ4n) is 4.65. The summed E-state index contributed by atoms with van der Waals surface area (Å²) >= 11 is 1.62. The SMILES string of the molecule is C=N/C(=N\C=C(/C)C(=O)Nc1cc(-c2cccs2)ccc1N)NC1(C)CCN(C(=O)N2CCC(O)CC2)CC1. The number of aliphatic imine (C=N–C) groups is 2. The molecule has 2 aliphatic rings. The minimum Gasteiger partial charge on any atom is -0.397 e. The molecule has 0 spiro atoms. The van der Waals surface area contributed by atoms with Gasteiger partial charge in [0.1, 0.15) is 0 Å². The van der Waals surface area contributed by atoms with Crippen LogP contribution in [-0.2, 0) is 4.79 Å². The van der Waals surface area contributed by atoms with E-state index in [0.29, 0.717) is 74.8 Å². The van der Waals surface area contributed by atoms with E-state index in [4.69, 9.17) is 5.73 Å². The van der Waals surface area contributed by atoms with Crippen molar-refractivity contribution in [1.82, 2.24) is 15.1 Å². The second kappa shape index (κ2) is 12.4. The first kappa shape index (κ1) is 28.3. The average Bonchev–Trinajstić information content (AvgIpc) is 3.47. The van der Waals surface area contributed by atoms with E-state index in [1.807, 2.05) is 39.4 Å². The van der Waals surface area contributed by atoms with Crippen molar-refractivity contribution < 1.29 is 14.7 Å². The lowest BCUT2D eigenvalue weighted by molar-refractivity contribution is -0.112. The van der Waals surface area contributed by atoms with Crippen LogP contribution in [0.5, 0.6) is 0 Å². The Morgan fingerprint density at radius 3 is 2.51 bits per heavy atom. The molecule has 4 rings (SSSR count). The monoisotopic (exact) mass is 551 g/mol. The highest BCUT2D eigenvalue weighted by Gasteiger charge is 2.34. The molecule has 2 aliphatic heterocycles. The molecule has 11 heteroatoms. The van der Waals surface area contributed by atoms with Crippen LogP contribution < -0.4 is 16.4 Å². The predicted molar refractivity (Wildman–Crippen MR) is 158 cm³/mol. The first-order valence-corrected chi connectivity index (χ1v) is 14.0. The maximum atomic E-state index is 12.9. The largest absolute Gasteiger partial charge is 0.397 e. The van der Waals surface area contributed by atoms with E-state index in [2.05, 4.69) is 34.3 Å². The van der Waals surface area contributed by atoms with Gasteiger partial charge in [0, 0.05) is 48.4 Å². The van der Waals surface area contributed by atoms with E-state index < -0.39 is 0 Å². The smallest absolute Gasteiger partial charge is 0.320 e. The molecule has 1 aromatic carbocycles. The van der Waals surface area contributed by atoms with Gasteiger partial charge in [-0.2, -0.15) is 0 Å². The van der Waals surface area contributed by atoms with E-state index >= 15 is 0 Å². The Labute approximate surface area is 233 Å². The van der Waals surface area contributed by atoms with Crippen LogP contribution in [0.2, 0.25) is 0 Å². The van der Waals surface area contributed by atoms with Gasteiger partial charge >= 0.3 is 6.03 Å². The number of guanidine groups is 1. The lowest BCUT2D eigenvalue weighted by Crippen LogP contribution is -2.56. The lowest BCUT2D eigenvalue weighted by Gasteiger charge is -2.42. The molecule has 3 amide bonds. The fourth-order valence-corrected chi connectivity index (χ4v) is 5.38. The van der Waals surface area contributed by atoms with Gasteiger partial charge in [0.25, 0.3) is 5.91 Å². The number of amides is 3. The fraction of sp³-hybridized carbons (Fsp3) is 0.429. The number of piperidine rings is 2. The van der Waals surface area contributed by atoms with Gasteiger partial charge in [0.15, 0.2) is 0 Å². The predicted octanol–water partition coefficient (Wildman–Crippen LogP) is 3.92.